The average Bonchev–Trinajstić information content (AvgIpc) is 3.74. The lowest BCUT2D eigenvalue weighted by atomic mass is 9.90. The molecule has 0 atom stereocenters. The Morgan fingerprint density at radius 2 is 1.20 bits per heavy atom. The standard InChI is InChI=1S/C45H26N4S2/c1-3-8-34-39-22-32(14-16-42(39)50-40(34)4-2)44-37(31-13-15-43-38(21-31)35-11-5-6-12-41(35)51-43)23-36(30-10-7-9-27(18-30)24-46)45(49-44)33-19-28(25-47)17-29(20-33)26-48/h3-23H,1H2,2H3/b34-8-,40-4+. The number of benzene rings is 5. The van der Waals surface area contributed by atoms with Crippen molar-refractivity contribution in [3.63, 3.8) is 0 Å². The van der Waals surface area contributed by atoms with Crippen molar-refractivity contribution < 1.29 is 0 Å². The third-order valence-electron chi connectivity index (χ3n) is 9.05. The molecule has 0 saturated heterocycles. The van der Waals surface area contributed by atoms with E-state index in [1.54, 1.807) is 46.9 Å². The number of aromatic nitrogens is 1. The van der Waals surface area contributed by atoms with Crippen LogP contribution in [0.25, 0.3) is 87.2 Å². The van der Waals surface area contributed by atoms with Crippen molar-refractivity contribution in [3.05, 3.63) is 148 Å². The zero-order chi connectivity index (χ0) is 35.1. The van der Waals surface area contributed by atoms with Gasteiger partial charge >= 0.3 is 0 Å². The highest BCUT2D eigenvalue weighted by atomic mass is 32.1. The molecular weight excluding hydrogens is 661 g/mol. The van der Waals surface area contributed by atoms with Crippen LogP contribution < -0.4 is 9.75 Å². The zero-order valence-corrected chi connectivity index (χ0v) is 29.1. The molecular formula is C45H26N4S2. The molecule has 0 N–H and O–H groups in total. The van der Waals surface area contributed by atoms with Gasteiger partial charge in [0.05, 0.1) is 46.3 Å². The van der Waals surface area contributed by atoms with E-state index in [0.717, 1.165) is 44.1 Å². The minimum atomic E-state index is 0.371. The molecule has 238 valence electrons. The number of rotatable bonds is 5. The highest BCUT2D eigenvalue weighted by Crippen LogP contribution is 2.43. The summed E-state index contributed by atoms with van der Waals surface area (Å²) in [6.07, 6.45) is 6.00. The molecule has 0 amide bonds. The van der Waals surface area contributed by atoms with E-state index in [2.05, 4.69) is 104 Å². The lowest BCUT2D eigenvalue weighted by molar-refractivity contribution is 1.32. The van der Waals surface area contributed by atoms with Gasteiger partial charge in [0.25, 0.3) is 0 Å². The fraction of sp³-hybridized carbons (Fsp3) is 0.0222. The van der Waals surface area contributed by atoms with Crippen LogP contribution in [0.2, 0.25) is 0 Å². The molecule has 0 saturated carbocycles. The van der Waals surface area contributed by atoms with E-state index in [4.69, 9.17) is 4.98 Å². The summed E-state index contributed by atoms with van der Waals surface area (Å²) >= 11 is 3.52. The molecule has 5 aromatic carbocycles. The Morgan fingerprint density at radius 3 is 1.92 bits per heavy atom. The normalized spacial score (nSPS) is 11.9. The molecule has 51 heavy (non-hydrogen) atoms. The van der Waals surface area contributed by atoms with Gasteiger partial charge in [-0.25, -0.2) is 4.98 Å². The number of hydrogen-bond acceptors (Lipinski definition) is 6. The van der Waals surface area contributed by atoms with Crippen LogP contribution in [0, 0.1) is 34.0 Å². The maximum atomic E-state index is 9.92. The maximum Gasteiger partial charge on any atom is 0.0992 e. The topological polar surface area (TPSA) is 84.3 Å². The molecule has 3 heterocycles. The van der Waals surface area contributed by atoms with Gasteiger partial charge in [-0.3, -0.25) is 0 Å². The van der Waals surface area contributed by atoms with E-state index < -0.39 is 0 Å². The van der Waals surface area contributed by atoms with E-state index in [1.165, 1.54) is 29.4 Å². The Balaban J connectivity index is 1.51. The van der Waals surface area contributed by atoms with Gasteiger partial charge in [-0.05, 0) is 90.0 Å². The summed E-state index contributed by atoms with van der Waals surface area (Å²) in [6.45, 7) is 6.02. The Kier molecular flexibility index (Phi) is 8.07. The SMILES string of the molecule is C=C/C=c1\c(=C/C)sc2ccc(-c3nc(-c4cc(C#N)cc(C#N)c4)c(-c4cccc(C#N)c4)cc3-c3ccc4sc5ccccc5c4c3)cc12. The highest BCUT2D eigenvalue weighted by Gasteiger charge is 2.20. The second-order valence-corrected chi connectivity index (χ2v) is 14.3. The van der Waals surface area contributed by atoms with Crippen molar-refractivity contribution in [3.8, 4) is 63.0 Å². The first kappa shape index (κ1) is 31.6. The van der Waals surface area contributed by atoms with Crippen LogP contribution in [0.15, 0.2) is 122 Å². The molecule has 0 fully saturated rings. The molecule has 8 aromatic rings. The van der Waals surface area contributed by atoms with Crippen molar-refractivity contribution >= 4 is 65.1 Å². The first-order valence-corrected chi connectivity index (χ1v) is 17.9. The first-order valence-electron chi connectivity index (χ1n) is 16.3. The fourth-order valence-electron chi connectivity index (χ4n) is 6.72. The maximum absolute atomic E-state index is 9.92. The van der Waals surface area contributed by atoms with E-state index >= 15 is 0 Å². The summed E-state index contributed by atoms with van der Waals surface area (Å²) in [6, 6.07) is 43.0. The van der Waals surface area contributed by atoms with Crippen LogP contribution >= 0.6 is 22.7 Å². The third kappa shape index (κ3) is 5.58. The molecule has 0 aliphatic carbocycles. The van der Waals surface area contributed by atoms with E-state index in [9.17, 15) is 15.8 Å². The Morgan fingerprint density at radius 1 is 0.569 bits per heavy atom. The lowest BCUT2D eigenvalue weighted by Crippen LogP contribution is -2.17. The summed E-state index contributed by atoms with van der Waals surface area (Å²) in [7, 11) is 0. The number of nitrogens with zero attached hydrogens (tertiary/aromatic N) is 4. The van der Waals surface area contributed by atoms with E-state index in [0.29, 0.717) is 27.9 Å². The molecule has 3 aromatic heterocycles. The minimum absolute atomic E-state index is 0.371. The van der Waals surface area contributed by atoms with Crippen LogP contribution in [0.3, 0.4) is 0 Å². The van der Waals surface area contributed by atoms with Gasteiger partial charge in [0.2, 0.25) is 0 Å². The molecule has 0 radical (unpaired) electrons. The van der Waals surface area contributed by atoms with Crippen molar-refractivity contribution in [2.45, 2.75) is 6.92 Å². The quantitative estimate of drug-likeness (QED) is 0.180. The predicted octanol–water partition coefficient (Wildman–Crippen LogP) is 10.7. The number of allylic oxidation sites excluding steroid dienone is 1. The minimum Gasteiger partial charge on any atom is -0.246 e. The predicted molar refractivity (Wildman–Crippen MR) is 212 cm³/mol. The van der Waals surface area contributed by atoms with Crippen molar-refractivity contribution in [2.24, 2.45) is 0 Å². The summed E-state index contributed by atoms with van der Waals surface area (Å²) < 4.78 is 4.78. The van der Waals surface area contributed by atoms with Crippen LogP contribution in [0.4, 0.5) is 0 Å². The van der Waals surface area contributed by atoms with Crippen molar-refractivity contribution in [1.29, 1.82) is 15.8 Å². The van der Waals surface area contributed by atoms with Gasteiger partial charge in [0.1, 0.15) is 0 Å². The van der Waals surface area contributed by atoms with Crippen molar-refractivity contribution in [2.75, 3.05) is 0 Å². The molecule has 0 bridgehead atoms. The van der Waals surface area contributed by atoms with E-state index in [1.807, 2.05) is 31.2 Å². The van der Waals surface area contributed by atoms with Crippen LogP contribution in [-0.2, 0) is 0 Å². The van der Waals surface area contributed by atoms with Gasteiger partial charge < -0.3 is 0 Å². The van der Waals surface area contributed by atoms with Gasteiger partial charge in [-0.15, -0.1) is 22.7 Å². The van der Waals surface area contributed by atoms with E-state index in [-0.39, 0.29) is 0 Å². The van der Waals surface area contributed by atoms with Gasteiger partial charge in [-0.1, -0.05) is 67.3 Å². The number of pyridine rings is 1. The number of thiophene rings is 2. The molecule has 0 aliphatic heterocycles. The Hall–Kier alpha value is -6.62. The summed E-state index contributed by atoms with van der Waals surface area (Å²) in [5.41, 5.74) is 7.77. The fourth-order valence-corrected chi connectivity index (χ4v) is 8.87. The van der Waals surface area contributed by atoms with Crippen LogP contribution in [0.5, 0.6) is 0 Å². The van der Waals surface area contributed by atoms with Crippen molar-refractivity contribution in [1.82, 2.24) is 4.98 Å². The Bertz CT molecular complexity index is 2960. The number of hydrogen-bond donors (Lipinski definition) is 0. The second kappa shape index (κ2) is 13.0. The summed E-state index contributed by atoms with van der Waals surface area (Å²) in [5, 5.41) is 34.3. The highest BCUT2D eigenvalue weighted by molar-refractivity contribution is 7.25. The lowest BCUT2D eigenvalue weighted by Gasteiger charge is -2.18. The molecule has 8 rings (SSSR count). The zero-order valence-electron chi connectivity index (χ0n) is 27.4. The molecule has 0 aliphatic rings. The number of nitriles is 3. The van der Waals surface area contributed by atoms with Gasteiger partial charge in [0.15, 0.2) is 0 Å². The third-order valence-corrected chi connectivity index (χ3v) is 11.5. The molecule has 6 heteroatoms. The molecule has 0 spiro atoms. The smallest absolute Gasteiger partial charge is 0.0992 e. The first-order chi connectivity index (χ1) is 25.0. The Labute approximate surface area is 302 Å². The van der Waals surface area contributed by atoms with Crippen LogP contribution in [-0.4, -0.2) is 4.98 Å². The van der Waals surface area contributed by atoms with Crippen LogP contribution in [0.1, 0.15) is 23.6 Å². The molecule has 0 unspecified atom stereocenters. The monoisotopic (exact) mass is 686 g/mol. The largest absolute Gasteiger partial charge is 0.246 e. The average molecular weight is 687 g/mol. The van der Waals surface area contributed by atoms with Gasteiger partial charge in [0, 0.05) is 57.0 Å². The molecule has 4 nitrogen and oxygen atoms in total. The summed E-state index contributed by atoms with van der Waals surface area (Å²) in [5.74, 6) is 0. The second-order valence-electron chi connectivity index (χ2n) is 12.1. The number of fused-ring (bicyclic) bond motifs is 4. The summed E-state index contributed by atoms with van der Waals surface area (Å²) in [4.78, 5) is 5.48. The van der Waals surface area contributed by atoms with Gasteiger partial charge in [-0.2, -0.15) is 15.8 Å².